The van der Waals surface area contributed by atoms with Crippen LogP contribution in [0.2, 0.25) is 0 Å². The first-order chi connectivity index (χ1) is 11.4. The summed E-state index contributed by atoms with van der Waals surface area (Å²) >= 11 is 3.16. The molecule has 0 aliphatic heterocycles. The molecule has 1 N–H and O–H groups in total. The quantitative estimate of drug-likeness (QED) is 0.679. The van der Waals surface area contributed by atoms with Crippen LogP contribution in [0.4, 0.5) is 10.1 Å². The minimum absolute atomic E-state index is 0.131. The van der Waals surface area contributed by atoms with Gasteiger partial charge in [0.1, 0.15) is 10.7 Å². The van der Waals surface area contributed by atoms with Gasteiger partial charge in [0.05, 0.1) is 18.1 Å². The highest BCUT2D eigenvalue weighted by molar-refractivity contribution is 9.10. The lowest BCUT2D eigenvalue weighted by Crippen LogP contribution is -2.14. The highest BCUT2D eigenvalue weighted by atomic mass is 79.9. The molecule has 24 heavy (non-hydrogen) atoms. The van der Waals surface area contributed by atoms with Crippen molar-refractivity contribution in [2.75, 3.05) is 4.72 Å². The van der Waals surface area contributed by atoms with Crippen molar-refractivity contribution in [1.82, 2.24) is 4.98 Å². The summed E-state index contributed by atoms with van der Waals surface area (Å²) in [4.78, 5) is 3.77. The minimum Gasteiger partial charge on any atom is -0.434 e. The molecule has 124 valence electrons. The van der Waals surface area contributed by atoms with E-state index in [9.17, 15) is 12.8 Å². The van der Waals surface area contributed by atoms with E-state index in [4.69, 9.17) is 9.15 Å². The van der Waals surface area contributed by atoms with Gasteiger partial charge in [-0.15, -0.1) is 0 Å². The Morgan fingerprint density at radius 1 is 1.21 bits per heavy atom. The van der Waals surface area contributed by atoms with Crippen LogP contribution in [-0.4, -0.2) is 13.4 Å². The third kappa shape index (κ3) is 3.74. The van der Waals surface area contributed by atoms with E-state index < -0.39 is 15.8 Å². The van der Waals surface area contributed by atoms with E-state index in [1.165, 1.54) is 30.5 Å². The molecule has 0 aliphatic carbocycles. The van der Waals surface area contributed by atoms with Crippen LogP contribution in [-0.2, 0) is 10.0 Å². The molecular formula is C15H10BrFN2O4S. The van der Waals surface area contributed by atoms with Crippen molar-refractivity contribution >= 4 is 31.6 Å². The molecular weight excluding hydrogens is 403 g/mol. The van der Waals surface area contributed by atoms with Crippen LogP contribution in [0.3, 0.4) is 0 Å². The molecule has 0 spiro atoms. The summed E-state index contributed by atoms with van der Waals surface area (Å²) in [5.41, 5.74) is -0.166. The van der Waals surface area contributed by atoms with Gasteiger partial charge in [-0.05, 0) is 30.3 Å². The van der Waals surface area contributed by atoms with Crippen molar-refractivity contribution in [2.45, 2.75) is 4.90 Å². The summed E-state index contributed by atoms with van der Waals surface area (Å²) in [7, 11) is -3.98. The first-order valence-corrected chi connectivity index (χ1v) is 8.87. The predicted molar refractivity (Wildman–Crippen MR) is 87.9 cm³/mol. The lowest BCUT2D eigenvalue weighted by molar-refractivity contribution is 0.337. The number of halogens is 2. The molecule has 0 radical (unpaired) electrons. The van der Waals surface area contributed by atoms with Gasteiger partial charge in [0.15, 0.2) is 0 Å². The van der Waals surface area contributed by atoms with Crippen LogP contribution in [0, 0.1) is 5.82 Å². The second kappa shape index (κ2) is 6.62. The van der Waals surface area contributed by atoms with Gasteiger partial charge in [-0.2, -0.15) is 0 Å². The summed E-state index contributed by atoms with van der Waals surface area (Å²) in [6.07, 6.45) is 2.54. The molecule has 0 amide bonds. The summed E-state index contributed by atoms with van der Waals surface area (Å²) in [5, 5.41) is 0. The van der Waals surface area contributed by atoms with Crippen molar-refractivity contribution in [3.63, 3.8) is 0 Å². The number of nitrogens with zero attached hydrogens (tertiary/aromatic N) is 1. The Labute approximate surface area is 145 Å². The van der Waals surface area contributed by atoms with E-state index in [0.717, 1.165) is 12.3 Å². The second-order valence-electron chi connectivity index (χ2n) is 4.60. The van der Waals surface area contributed by atoms with E-state index in [1.807, 2.05) is 0 Å². The number of nitrogens with one attached hydrogen (secondary N) is 1. The highest BCUT2D eigenvalue weighted by Crippen LogP contribution is 2.24. The van der Waals surface area contributed by atoms with E-state index in [1.54, 1.807) is 12.1 Å². The van der Waals surface area contributed by atoms with Gasteiger partial charge in [0.25, 0.3) is 16.0 Å². The topological polar surface area (TPSA) is 81.4 Å². The monoisotopic (exact) mass is 412 g/mol. The van der Waals surface area contributed by atoms with Crippen molar-refractivity contribution < 1.29 is 22.0 Å². The Bertz CT molecular complexity index is 944. The average molecular weight is 413 g/mol. The Morgan fingerprint density at radius 3 is 2.71 bits per heavy atom. The first-order valence-electron chi connectivity index (χ1n) is 6.59. The van der Waals surface area contributed by atoms with Gasteiger partial charge in [-0.3, -0.25) is 4.72 Å². The molecule has 0 bridgehead atoms. The molecule has 1 aromatic carbocycles. The van der Waals surface area contributed by atoms with Crippen LogP contribution in [0.5, 0.6) is 11.8 Å². The summed E-state index contributed by atoms with van der Waals surface area (Å²) < 4.78 is 51.3. The van der Waals surface area contributed by atoms with Gasteiger partial charge in [0, 0.05) is 16.6 Å². The first kappa shape index (κ1) is 16.5. The summed E-state index contributed by atoms with van der Waals surface area (Å²) in [6.45, 7) is 0. The minimum atomic E-state index is -3.98. The van der Waals surface area contributed by atoms with Crippen LogP contribution in [0.1, 0.15) is 0 Å². The maximum atomic E-state index is 13.7. The smallest absolute Gasteiger partial charge is 0.291 e. The predicted octanol–water partition coefficient (Wildman–Crippen LogP) is 4.17. The third-order valence-electron chi connectivity index (χ3n) is 2.89. The number of pyridine rings is 1. The van der Waals surface area contributed by atoms with Crippen LogP contribution in [0.15, 0.2) is 68.7 Å². The fourth-order valence-electron chi connectivity index (χ4n) is 1.79. The molecule has 3 aromatic rings. The number of hydrogen-bond donors (Lipinski definition) is 1. The van der Waals surface area contributed by atoms with Gasteiger partial charge in [-0.1, -0.05) is 15.9 Å². The maximum absolute atomic E-state index is 13.7. The zero-order valence-corrected chi connectivity index (χ0v) is 14.3. The van der Waals surface area contributed by atoms with Gasteiger partial charge < -0.3 is 9.15 Å². The Morgan fingerprint density at radius 2 is 2.04 bits per heavy atom. The lowest BCUT2D eigenvalue weighted by Gasteiger charge is -2.09. The molecule has 2 heterocycles. The fraction of sp³-hybridized carbons (Fsp3) is 0. The second-order valence-corrected chi connectivity index (χ2v) is 7.19. The van der Waals surface area contributed by atoms with Gasteiger partial charge >= 0.3 is 0 Å². The van der Waals surface area contributed by atoms with Crippen LogP contribution in [0.25, 0.3) is 0 Å². The zero-order chi connectivity index (χ0) is 17.2. The van der Waals surface area contributed by atoms with Crippen molar-refractivity contribution in [1.29, 1.82) is 0 Å². The van der Waals surface area contributed by atoms with Gasteiger partial charge in [-0.25, -0.2) is 17.8 Å². The lowest BCUT2D eigenvalue weighted by atomic mass is 10.3. The number of aromatic nitrogens is 1. The van der Waals surface area contributed by atoms with Crippen molar-refractivity contribution in [3.05, 3.63) is 65.2 Å². The zero-order valence-electron chi connectivity index (χ0n) is 11.9. The Kier molecular flexibility index (Phi) is 4.54. The molecule has 0 atom stereocenters. The number of hydrogen-bond acceptors (Lipinski definition) is 5. The average Bonchev–Trinajstić information content (AvgIpc) is 3.04. The van der Waals surface area contributed by atoms with E-state index in [0.29, 0.717) is 4.47 Å². The van der Waals surface area contributed by atoms with E-state index in [2.05, 4.69) is 25.6 Å². The number of benzene rings is 1. The molecule has 0 aliphatic rings. The maximum Gasteiger partial charge on any atom is 0.291 e. The highest BCUT2D eigenvalue weighted by Gasteiger charge is 2.17. The molecule has 0 fully saturated rings. The number of anilines is 1. The van der Waals surface area contributed by atoms with Crippen molar-refractivity contribution in [3.8, 4) is 11.8 Å². The molecule has 9 heteroatoms. The largest absolute Gasteiger partial charge is 0.434 e. The molecule has 3 rings (SSSR count). The Hall–Kier alpha value is -2.39. The molecule has 6 nitrogen and oxygen atoms in total. The number of ether oxygens (including phenoxy) is 1. The van der Waals surface area contributed by atoms with Crippen LogP contribution >= 0.6 is 15.9 Å². The fourth-order valence-corrected chi connectivity index (χ4v) is 3.15. The SMILES string of the molecule is O=S(=O)(Nc1cc(Br)ccc1F)c1ccc(Oc2ccco2)nc1. The van der Waals surface area contributed by atoms with Crippen LogP contribution < -0.4 is 9.46 Å². The summed E-state index contributed by atoms with van der Waals surface area (Å²) in [5.74, 6) is -0.294. The number of furan rings is 1. The number of rotatable bonds is 5. The third-order valence-corrected chi connectivity index (χ3v) is 4.74. The number of sulfonamides is 1. The molecule has 2 aromatic heterocycles. The normalized spacial score (nSPS) is 11.2. The Balaban J connectivity index is 1.80. The van der Waals surface area contributed by atoms with E-state index >= 15 is 0 Å². The molecule has 0 unspecified atom stereocenters. The summed E-state index contributed by atoms with van der Waals surface area (Å²) in [6, 6.07) is 9.84. The van der Waals surface area contributed by atoms with Gasteiger partial charge in [0.2, 0.25) is 5.88 Å². The van der Waals surface area contributed by atoms with E-state index in [-0.39, 0.29) is 22.4 Å². The standard InChI is InChI=1S/C15H10BrFN2O4S/c16-10-3-5-12(17)13(8-10)19-24(20,21)11-4-6-14(18-9-11)23-15-2-1-7-22-15/h1-9,19H. The molecule has 0 saturated heterocycles. The van der Waals surface area contributed by atoms with Crippen molar-refractivity contribution in [2.24, 2.45) is 0 Å². The molecule has 0 saturated carbocycles.